The molecule has 0 spiro atoms. The molecule has 1 amide bonds. The van der Waals surface area contributed by atoms with E-state index in [2.05, 4.69) is 11.9 Å². The lowest BCUT2D eigenvalue weighted by Gasteiger charge is -2.15. The van der Waals surface area contributed by atoms with E-state index in [4.69, 9.17) is 5.73 Å². The largest absolute Gasteiger partial charge is 0.369 e. The number of carbonyl (C=O) groups is 1. The molecule has 2 aromatic rings. The Morgan fingerprint density at radius 3 is 2.83 bits per heavy atom. The van der Waals surface area contributed by atoms with E-state index in [1.54, 1.807) is 18.9 Å². The molecule has 18 heavy (non-hydrogen) atoms. The normalized spacial score (nSPS) is 10.8. The molecule has 0 aliphatic heterocycles. The summed E-state index contributed by atoms with van der Waals surface area (Å²) >= 11 is 0. The van der Waals surface area contributed by atoms with Gasteiger partial charge in [0.25, 0.3) is 0 Å². The summed E-state index contributed by atoms with van der Waals surface area (Å²) in [6, 6.07) is 5.73. The lowest BCUT2D eigenvalue weighted by molar-refractivity contribution is -0.116. The lowest BCUT2D eigenvalue weighted by Crippen LogP contribution is -2.22. The van der Waals surface area contributed by atoms with Crippen LogP contribution >= 0.6 is 0 Å². The van der Waals surface area contributed by atoms with Gasteiger partial charge < -0.3 is 15.2 Å². The third kappa shape index (κ3) is 2.03. The molecular weight excluding hydrogens is 228 g/mol. The topological polar surface area (TPSA) is 64.2 Å². The Morgan fingerprint density at radius 2 is 2.22 bits per heavy atom. The summed E-state index contributed by atoms with van der Waals surface area (Å²) in [5.74, 6) is 0.526. The van der Waals surface area contributed by atoms with Crippen LogP contribution in [0, 0.1) is 0 Å². The number of hydrogen-bond acceptors (Lipinski definition) is 3. The summed E-state index contributed by atoms with van der Waals surface area (Å²) in [5, 5.41) is 0. The first-order chi connectivity index (χ1) is 8.54. The highest BCUT2D eigenvalue weighted by Crippen LogP contribution is 2.24. The number of aromatic nitrogens is 2. The number of nitrogens with zero attached hydrogens (tertiary/aromatic N) is 3. The molecule has 5 heteroatoms. The molecule has 5 nitrogen and oxygen atoms in total. The monoisotopic (exact) mass is 246 g/mol. The molecule has 1 heterocycles. The minimum Gasteiger partial charge on any atom is -0.369 e. The molecule has 0 aliphatic rings. The number of benzene rings is 1. The molecule has 0 radical (unpaired) electrons. The van der Waals surface area contributed by atoms with Gasteiger partial charge in [-0.2, -0.15) is 0 Å². The fourth-order valence-corrected chi connectivity index (χ4v) is 1.98. The van der Waals surface area contributed by atoms with Crippen molar-refractivity contribution in [3.63, 3.8) is 0 Å². The van der Waals surface area contributed by atoms with Crippen molar-refractivity contribution in [3.8, 4) is 0 Å². The molecule has 2 N–H and O–H groups in total. The van der Waals surface area contributed by atoms with Crippen LogP contribution in [0.2, 0.25) is 0 Å². The second-order valence-corrected chi connectivity index (χ2v) is 4.37. The van der Waals surface area contributed by atoms with E-state index >= 15 is 0 Å². The molecule has 0 atom stereocenters. The molecule has 2 rings (SSSR count). The summed E-state index contributed by atoms with van der Waals surface area (Å²) in [7, 11) is 1.76. The summed E-state index contributed by atoms with van der Waals surface area (Å²) in [5.41, 5.74) is 8.59. The zero-order chi connectivity index (χ0) is 13.3. The van der Waals surface area contributed by atoms with Crippen molar-refractivity contribution in [2.75, 3.05) is 17.7 Å². The van der Waals surface area contributed by atoms with E-state index in [0.717, 1.165) is 29.7 Å². The number of aryl methyl sites for hydroxylation is 1. The van der Waals surface area contributed by atoms with Crippen LogP contribution in [0.15, 0.2) is 18.2 Å². The second kappa shape index (κ2) is 4.68. The van der Waals surface area contributed by atoms with Crippen LogP contribution in [0.25, 0.3) is 11.0 Å². The number of rotatable bonds is 3. The molecule has 1 aromatic heterocycles. The quantitative estimate of drug-likeness (QED) is 0.901. The Kier molecular flexibility index (Phi) is 3.23. The number of nitrogen functional groups attached to an aromatic ring is 1. The Labute approximate surface area is 106 Å². The zero-order valence-electron chi connectivity index (χ0n) is 11.0. The standard InChI is InChI=1S/C13H18N4O/c1-4-7-17-12-8-10(16(3)9(2)18)5-6-11(12)15-13(17)14/h5-6,8H,4,7H2,1-3H3,(H2,14,15). The number of amides is 1. The van der Waals surface area contributed by atoms with Gasteiger partial charge in [0.1, 0.15) is 0 Å². The van der Waals surface area contributed by atoms with Gasteiger partial charge in [0.2, 0.25) is 11.9 Å². The lowest BCUT2D eigenvalue weighted by atomic mass is 10.2. The highest BCUT2D eigenvalue weighted by molar-refractivity contribution is 5.93. The van der Waals surface area contributed by atoms with Gasteiger partial charge in [0, 0.05) is 26.2 Å². The fraction of sp³-hybridized carbons (Fsp3) is 0.385. The predicted octanol–water partition coefficient (Wildman–Crippen LogP) is 2.01. The van der Waals surface area contributed by atoms with Crippen LogP contribution in [0.1, 0.15) is 20.3 Å². The van der Waals surface area contributed by atoms with Gasteiger partial charge in [-0.05, 0) is 24.6 Å². The van der Waals surface area contributed by atoms with Crippen molar-refractivity contribution in [2.24, 2.45) is 0 Å². The molecule has 1 aromatic carbocycles. The Bertz CT molecular complexity index is 588. The van der Waals surface area contributed by atoms with Crippen LogP contribution in [0.5, 0.6) is 0 Å². The van der Waals surface area contributed by atoms with Gasteiger partial charge in [0.15, 0.2) is 0 Å². The second-order valence-electron chi connectivity index (χ2n) is 4.37. The van der Waals surface area contributed by atoms with E-state index < -0.39 is 0 Å². The summed E-state index contributed by atoms with van der Waals surface area (Å²) in [6.07, 6.45) is 0.989. The third-order valence-electron chi connectivity index (χ3n) is 3.07. The van der Waals surface area contributed by atoms with Crippen molar-refractivity contribution in [2.45, 2.75) is 26.8 Å². The number of imidazole rings is 1. The van der Waals surface area contributed by atoms with E-state index in [9.17, 15) is 4.79 Å². The smallest absolute Gasteiger partial charge is 0.223 e. The number of nitrogens with two attached hydrogens (primary N) is 1. The minimum absolute atomic E-state index is 0.00359. The molecular formula is C13H18N4O. The molecule has 0 aliphatic carbocycles. The minimum atomic E-state index is 0.00359. The number of anilines is 2. The van der Waals surface area contributed by atoms with Gasteiger partial charge in [-0.15, -0.1) is 0 Å². The van der Waals surface area contributed by atoms with Crippen LogP contribution in [0.3, 0.4) is 0 Å². The molecule has 96 valence electrons. The van der Waals surface area contributed by atoms with Crippen LogP contribution in [0.4, 0.5) is 11.6 Å². The first kappa shape index (κ1) is 12.4. The van der Waals surface area contributed by atoms with Crippen molar-refractivity contribution in [1.82, 2.24) is 9.55 Å². The van der Waals surface area contributed by atoms with Crippen LogP contribution in [-0.4, -0.2) is 22.5 Å². The summed E-state index contributed by atoms with van der Waals surface area (Å²) in [4.78, 5) is 17.3. The van der Waals surface area contributed by atoms with Crippen molar-refractivity contribution >= 4 is 28.6 Å². The zero-order valence-corrected chi connectivity index (χ0v) is 11.0. The Morgan fingerprint density at radius 1 is 1.50 bits per heavy atom. The van der Waals surface area contributed by atoms with Crippen molar-refractivity contribution in [1.29, 1.82) is 0 Å². The van der Waals surface area contributed by atoms with Crippen molar-refractivity contribution < 1.29 is 4.79 Å². The van der Waals surface area contributed by atoms with Gasteiger partial charge in [-0.3, -0.25) is 4.79 Å². The van der Waals surface area contributed by atoms with E-state index in [-0.39, 0.29) is 5.91 Å². The maximum absolute atomic E-state index is 11.4. The highest BCUT2D eigenvalue weighted by atomic mass is 16.2. The predicted molar refractivity (Wildman–Crippen MR) is 73.5 cm³/mol. The number of hydrogen-bond donors (Lipinski definition) is 1. The van der Waals surface area contributed by atoms with E-state index in [1.165, 1.54) is 0 Å². The number of carbonyl (C=O) groups excluding carboxylic acids is 1. The first-order valence-electron chi connectivity index (χ1n) is 6.04. The Hall–Kier alpha value is -2.04. The first-order valence-corrected chi connectivity index (χ1v) is 6.04. The van der Waals surface area contributed by atoms with Crippen LogP contribution < -0.4 is 10.6 Å². The van der Waals surface area contributed by atoms with E-state index in [1.807, 2.05) is 22.8 Å². The summed E-state index contributed by atoms with van der Waals surface area (Å²) < 4.78 is 1.98. The van der Waals surface area contributed by atoms with Gasteiger partial charge in [-0.25, -0.2) is 4.98 Å². The molecule has 0 saturated carbocycles. The fourth-order valence-electron chi connectivity index (χ4n) is 1.98. The maximum Gasteiger partial charge on any atom is 0.223 e. The van der Waals surface area contributed by atoms with Gasteiger partial charge >= 0.3 is 0 Å². The summed E-state index contributed by atoms with van der Waals surface area (Å²) in [6.45, 7) is 4.47. The SMILES string of the molecule is CCCn1c(N)nc2ccc(N(C)C(C)=O)cc21. The molecule has 0 unspecified atom stereocenters. The van der Waals surface area contributed by atoms with E-state index in [0.29, 0.717) is 5.95 Å². The van der Waals surface area contributed by atoms with Crippen LogP contribution in [-0.2, 0) is 11.3 Å². The highest BCUT2D eigenvalue weighted by Gasteiger charge is 2.11. The maximum atomic E-state index is 11.4. The molecule has 0 fully saturated rings. The average molecular weight is 246 g/mol. The van der Waals surface area contributed by atoms with Crippen molar-refractivity contribution in [3.05, 3.63) is 18.2 Å². The van der Waals surface area contributed by atoms with Gasteiger partial charge in [0.05, 0.1) is 11.0 Å². The molecule has 0 saturated heterocycles. The van der Waals surface area contributed by atoms with Gasteiger partial charge in [-0.1, -0.05) is 6.92 Å². The Balaban J connectivity index is 2.55. The molecule has 0 bridgehead atoms. The third-order valence-corrected chi connectivity index (χ3v) is 3.07. The number of fused-ring (bicyclic) bond motifs is 1. The average Bonchev–Trinajstić information content (AvgIpc) is 2.65.